The van der Waals surface area contributed by atoms with Crippen LogP contribution in [-0.4, -0.2) is 25.0 Å². The van der Waals surface area contributed by atoms with Gasteiger partial charge in [-0.2, -0.15) is 0 Å². The van der Waals surface area contributed by atoms with Gasteiger partial charge in [-0.25, -0.2) is 0 Å². The number of rotatable bonds is 6. The van der Waals surface area contributed by atoms with Crippen molar-refractivity contribution in [3.05, 3.63) is 59.4 Å². The molecule has 27 heavy (non-hydrogen) atoms. The Kier molecular flexibility index (Phi) is 5.45. The highest BCUT2D eigenvalue weighted by molar-refractivity contribution is 6.06. The highest BCUT2D eigenvalue weighted by atomic mass is 16.5. The van der Waals surface area contributed by atoms with E-state index in [1.807, 2.05) is 39.0 Å². The number of carbonyl (C=O) groups excluding carboxylic acids is 2. The smallest absolute Gasteiger partial charge is 0.291 e. The number of ether oxygens (including phenoxy) is 1. The molecule has 0 radical (unpaired) electrons. The number of furan rings is 1. The van der Waals surface area contributed by atoms with Gasteiger partial charge in [-0.05, 0) is 38.5 Å². The number of amides is 2. The maximum atomic E-state index is 12.7. The van der Waals surface area contributed by atoms with E-state index in [1.54, 1.807) is 24.3 Å². The van der Waals surface area contributed by atoms with Gasteiger partial charge in [-0.3, -0.25) is 9.59 Å². The molecule has 0 unspecified atom stereocenters. The highest BCUT2D eigenvalue weighted by Crippen LogP contribution is 2.28. The normalized spacial score (nSPS) is 10.6. The zero-order chi connectivity index (χ0) is 19.4. The van der Waals surface area contributed by atoms with Crippen LogP contribution < -0.4 is 15.4 Å². The molecule has 0 spiro atoms. The van der Waals surface area contributed by atoms with E-state index in [-0.39, 0.29) is 24.2 Å². The lowest BCUT2D eigenvalue weighted by Crippen LogP contribution is -2.28. The molecule has 2 amide bonds. The summed E-state index contributed by atoms with van der Waals surface area (Å²) >= 11 is 0. The Morgan fingerprint density at radius 1 is 1.11 bits per heavy atom. The molecule has 0 aliphatic heterocycles. The van der Waals surface area contributed by atoms with Gasteiger partial charge in [-0.15, -0.1) is 0 Å². The minimum absolute atomic E-state index is 0.0762. The van der Waals surface area contributed by atoms with Gasteiger partial charge in [0.15, 0.2) is 12.4 Å². The number of benzene rings is 2. The van der Waals surface area contributed by atoms with Crippen LogP contribution in [0.1, 0.15) is 28.6 Å². The van der Waals surface area contributed by atoms with Gasteiger partial charge in [0.25, 0.3) is 11.8 Å². The second-order valence-corrected chi connectivity index (χ2v) is 6.23. The molecule has 140 valence electrons. The molecule has 3 rings (SSSR count). The number of hydrogen-bond acceptors (Lipinski definition) is 4. The molecule has 0 aliphatic rings. The lowest BCUT2D eigenvalue weighted by Gasteiger charge is -2.09. The summed E-state index contributed by atoms with van der Waals surface area (Å²) in [5.41, 5.74) is 3.06. The number of fused-ring (bicyclic) bond motifs is 1. The Hall–Kier alpha value is -3.28. The second kappa shape index (κ2) is 7.95. The van der Waals surface area contributed by atoms with E-state index >= 15 is 0 Å². The Morgan fingerprint density at radius 2 is 1.89 bits per heavy atom. The minimum Gasteiger partial charge on any atom is -0.484 e. The van der Waals surface area contributed by atoms with E-state index < -0.39 is 0 Å². The Labute approximate surface area is 157 Å². The van der Waals surface area contributed by atoms with Crippen molar-refractivity contribution < 1.29 is 18.7 Å². The maximum absolute atomic E-state index is 12.7. The predicted molar refractivity (Wildman–Crippen MR) is 104 cm³/mol. The summed E-state index contributed by atoms with van der Waals surface area (Å²) in [7, 11) is 0. The fourth-order valence-electron chi connectivity index (χ4n) is 2.85. The topological polar surface area (TPSA) is 80.6 Å². The minimum atomic E-state index is -0.330. The van der Waals surface area contributed by atoms with Crippen molar-refractivity contribution >= 4 is 28.5 Å². The first kappa shape index (κ1) is 18.5. The van der Waals surface area contributed by atoms with Crippen LogP contribution in [0.4, 0.5) is 5.69 Å². The van der Waals surface area contributed by atoms with Gasteiger partial charge in [0.1, 0.15) is 11.3 Å². The lowest BCUT2D eigenvalue weighted by molar-refractivity contribution is -0.122. The van der Waals surface area contributed by atoms with Crippen LogP contribution in [0.3, 0.4) is 0 Å². The first-order valence-corrected chi connectivity index (χ1v) is 8.79. The average Bonchev–Trinajstić information content (AvgIpc) is 2.99. The van der Waals surface area contributed by atoms with Crippen molar-refractivity contribution in [2.45, 2.75) is 20.8 Å². The summed E-state index contributed by atoms with van der Waals surface area (Å²) in [6.45, 7) is 6.13. The molecule has 1 heterocycles. The van der Waals surface area contributed by atoms with Crippen LogP contribution in [0.2, 0.25) is 0 Å². The Bertz CT molecular complexity index is 991. The molecule has 6 heteroatoms. The van der Waals surface area contributed by atoms with Crippen LogP contribution >= 0.6 is 0 Å². The molecule has 0 fully saturated rings. The molecule has 2 aromatic carbocycles. The van der Waals surface area contributed by atoms with Gasteiger partial charge >= 0.3 is 0 Å². The van der Waals surface area contributed by atoms with Crippen LogP contribution in [0.25, 0.3) is 11.0 Å². The largest absolute Gasteiger partial charge is 0.484 e. The zero-order valence-corrected chi connectivity index (χ0v) is 15.6. The van der Waals surface area contributed by atoms with Crippen molar-refractivity contribution in [3.8, 4) is 5.75 Å². The molecular formula is C21H22N2O4. The third-order valence-electron chi connectivity index (χ3n) is 4.20. The third-order valence-corrected chi connectivity index (χ3v) is 4.20. The van der Waals surface area contributed by atoms with Crippen molar-refractivity contribution in [2.24, 2.45) is 0 Å². The van der Waals surface area contributed by atoms with Gasteiger partial charge in [-0.1, -0.05) is 24.3 Å². The third kappa shape index (κ3) is 4.11. The molecule has 0 saturated heterocycles. The van der Waals surface area contributed by atoms with E-state index in [9.17, 15) is 9.59 Å². The highest BCUT2D eigenvalue weighted by Gasteiger charge is 2.18. The molecule has 0 bridgehead atoms. The summed E-state index contributed by atoms with van der Waals surface area (Å²) < 4.78 is 11.3. The first-order chi connectivity index (χ1) is 13.0. The summed E-state index contributed by atoms with van der Waals surface area (Å²) in [6, 6.07) is 12.7. The Balaban J connectivity index is 1.75. The summed E-state index contributed by atoms with van der Waals surface area (Å²) in [4.78, 5) is 24.2. The molecule has 1 aromatic heterocycles. The predicted octanol–water partition coefficient (Wildman–Crippen LogP) is 3.82. The van der Waals surface area contributed by atoms with Gasteiger partial charge in [0.2, 0.25) is 0 Å². The molecular weight excluding hydrogens is 344 g/mol. The standard InChI is InChI=1S/C21H22N2O4/c1-4-22-18(24)12-26-16-9-6-8-15(11-16)23-21(25)20-14(3)17-10-5-7-13(2)19(17)27-20/h5-11H,4,12H2,1-3H3,(H,22,24)(H,23,25). The van der Waals surface area contributed by atoms with E-state index in [2.05, 4.69) is 10.6 Å². The number of hydrogen-bond donors (Lipinski definition) is 2. The first-order valence-electron chi connectivity index (χ1n) is 8.79. The summed E-state index contributed by atoms with van der Waals surface area (Å²) in [6.07, 6.45) is 0. The van der Waals surface area contributed by atoms with E-state index in [0.717, 1.165) is 22.1 Å². The van der Waals surface area contributed by atoms with Crippen molar-refractivity contribution in [3.63, 3.8) is 0 Å². The van der Waals surface area contributed by atoms with E-state index in [1.165, 1.54) is 0 Å². The summed E-state index contributed by atoms with van der Waals surface area (Å²) in [5, 5.41) is 6.41. The van der Waals surface area contributed by atoms with Gasteiger partial charge in [0, 0.05) is 29.2 Å². The summed E-state index contributed by atoms with van der Waals surface area (Å²) in [5.74, 6) is 0.258. The number of likely N-dealkylation sites (N-methyl/N-ethyl adjacent to an activating group) is 1. The monoisotopic (exact) mass is 366 g/mol. The van der Waals surface area contributed by atoms with Gasteiger partial charge in [0.05, 0.1) is 0 Å². The average molecular weight is 366 g/mol. The van der Waals surface area contributed by atoms with Crippen LogP contribution in [0.15, 0.2) is 46.9 Å². The van der Waals surface area contributed by atoms with Crippen LogP contribution in [0.5, 0.6) is 5.75 Å². The molecule has 0 aliphatic carbocycles. The van der Waals surface area contributed by atoms with E-state index in [0.29, 0.717) is 18.0 Å². The van der Waals surface area contributed by atoms with Crippen LogP contribution in [-0.2, 0) is 4.79 Å². The molecule has 0 saturated carbocycles. The fourth-order valence-corrected chi connectivity index (χ4v) is 2.85. The molecule has 3 aromatic rings. The van der Waals surface area contributed by atoms with Crippen molar-refractivity contribution in [2.75, 3.05) is 18.5 Å². The SMILES string of the molecule is CCNC(=O)COc1cccc(NC(=O)c2oc3c(C)cccc3c2C)c1. The molecule has 0 atom stereocenters. The Morgan fingerprint density at radius 3 is 2.63 bits per heavy atom. The fraction of sp³-hybridized carbons (Fsp3) is 0.238. The van der Waals surface area contributed by atoms with E-state index in [4.69, 9.17) is 9.15 Å². The van der Waals surface area contributed by atoms with Crippen LogP contribution in [0, 0.1) is 13.8 Å². The second-order valence-electron chi connectivity index (χ2n) is 6.23. The lowest BCUT2D eigenvalue weighted by atomic mass is 10.1. The maximum Gasteiger partial charge on any atom is 0.291 e. The quantitative estimate of drug-likeness (QED) is 0.695. The number of nitrogens with one attached hydrogen (secondary N) is 2. The number of anilines is 1. The van der Waals surface area contributed by atoms with Crippen molar-refractivity contribution in [1.29, 1.82) is 0 Å². The zero-order valence-electron chi connectivity index (χ0n) is 15.6. The number of para-hydroxylation sites is 1. The molecule has 2 N–H and O–H groups in total. The van der Waals surface area contributed by atoms with Crippen molar-refractivity contribution in [1.82, 2.24) is 5.32 Å². The number of carbonyl (C=O) groups is 2. The molecule has 6 nitrogen and oxygen atoms in total. The van der Waals surface area contributed by atoms with Gasteiger partial charge < -0.3 is 19.8 Å². The number of aryl methyl sites for hydroxylation is 2.